The van der Waals surface area contributed by atoms with E-state index in [0.29, 0.717) is 24.5 Å². The van der Waals surface area contributed by atoms with Gasteiger partial charge in [0, 0.05) is 6.54 Å². The summed E-state index contributed by atoms with van der Waals surface area (Å²) in [4.78, 5) is 11.8. The maximum atomic E-state index is 11.8. The van der Waals surface area contributed by atoms with E-state index in [0.717, 1.165) is 12.8 Å². The van der Waals surface area contributed by atoms with Crippen molar-refractivity contribution in [2.75, 3.05) is 12.3 Å². The van der Waals surface area contributed by atoms with E-state index in [2.05, 4.69) is 12.0 Å². The Balaban J connectivity index is 2.44. The van der Waals surface area contributed by atoms with Gasteiger partial charge in [0.1, 0.15) is 0 Å². The normalized spacial score (nSPS) is 10.5. The molecule has 0 aliphatic rings. The Morgan fingerprint density at radius 2 is 2.18 bits per heavy atom. The van der Waals surface area contributed by atoms with Gasteiger partial charge in [-0.05, 0) is 13.3 Å². The lowest BCUT2D eigenvalue weighted by molar-refractivity contribution is 0.0485. The smallest absolute Gasteiger partial charge is 0.358 e. The fraction of sp³-hybridized carbons (Fsp3) is 0.667. The largest absolute Gasteiger partial charge is 0.461 e. The first-order valence-corrected chi connectivity index (χ1v) is 6.19. The molecule has 0 bridgehead atoms. The number of hydrogen-bond donors (Lipinski definition) is 1. The van der Waals surface area contributed by atoms with Crippen LogP contribution in [0.5, 0.6) is 0 Å². The molecule has 5 heteroatoms. The van der Waals surface area contributed by atoms with E-state index in [1.54, 1.807) is 4.68 Å². The van der Waals surface area contributed by atoms with Gasteiger partial charge in [0.15, 0.2) is 5.69 Å². The Morgan fingerprint density at radius 3 is 2.82 bits per heavy atom. The van der Waals surface area contributed by atoms with Gasteiger partial charge < -0.3 is 10.5 Å². The first kappa shape index (κ1) is 13.5. The number of carbonyl (C=O) groups excluding carboxylic acids is 1. The molecule has 0 fully saturated rings. The summed E-state index contributed by atoms with van der Waals surface area (Å²) < 4.78 is 6.74. The van der Waals surface area contributed by atoms with Crippen LogP contribution in [-0.2, 0) is 11.3 Å². The summed E-state index contributed by atoms with van der Waals surface area (Å²) in [5, 5.41) is 4.00. The van der Waals surface area contributed by atoms with Crippen LogP contribution < -0.4 is 5.73 Å². The number of unbranched alkanes of at least 4 members (excludes halogenated alkanes) is 3. The van der Waals surface area contributed by atoms with Crippen LogP contribution >= 0.6 is 0 Å². The molecule has 96 valence electrons. The summed E-state index contributed by atoms with van der Waals surface area (Å²) in [5.74, 6) is -0.377. The zero-order valence-corrected chi connectivity index (χ0v) is 10.6. The van der Waals surface area contributed by atoms with Crippen LogP contribution in [0, 0.1) is 0 Å². The van der Waals surface area contributed by atoms with Crippen molar-refractivity contribution >= 4 is 11.7 Å². The fourth-order valence-corrected chi connectivity index (χ4v) is 1.62. The molecule has 0 aliphatic heterocycles. The number of aromatic nitrogens is 2. The molecule has 5 nitrogen and oxygen atoms in total. The van der Waals surface area contributed by atoms with E-state index in [-0.39, 0.29) is 5.97 Å². The molecule has 1 rings (SSSR count). The third kappa shape index (κ3) is 3.76. The SMILES string of the molecule is CCCCCCOC(=O)c1c(N)cnn1CC. The van der Waals surface area contributed by atoms with Crippen molar-refractivity contribution in [3.8, 4) is 0 Å². The molecule has 1 aromatic rings. The molecule has 17 heavy (non-hydrogen) atoms. The molecule has 0 amide bonds. The number of carbonyl (C=O) groups is 1. The van der Waals surface area contributed by atoms with Gasteiger partial charge in [-0.2, -0.15) is 5.10 Å². The van der Waals surface area contributed by atoms with Crippen molar-refractivity contribution in [3.05, 3.63) is 11.9 Å². The van der Waals surface area contributed by atoms with Crippen LogP contribution in [0.4, 0.5) is 5.69 Å². The van der Waals surface area contributed by atoms with E-state index < -0.39 is 0 Å². The van der Waals surface area contributed by atoms with Crippen LogP contribution in [0.2, 0.25) is 0 Å². The Kier molecular flexibility index (Phi) is 5.52. The molecule has 0 radical (unpaired) electrons. The highest BCUT2D eigenvalue weighted by molar-refractivity contribution is 5.93. The number of ether oxygens (including phenoxy) is 1. The van der Waals surface area contributed by atoms with Crippen molar-refractivity contribution in [1.29, 1.82) is 0 Å². The van der Waals surface area contributed by atoms with Crippen molar-refractivity contribution < 1.29 is 9.53 Å². The van der Waals surface area contributed by atoms with Crippen LogP contribution in [0.15, 0.2) is 6.20 Å². The van der Waals surface area contributed by atoms with E-state index in [9.17, 15) is 4.79 Å². The van der Waals surface area contributed by atoms with Gasteiger partial charge in [0.05, 0.1) is 18.5 Å². The first-order valence-electron chi connectivity index (χ1n) is 6.19. The molecule has 0 aromatic carbocycles. The van der Waals surface area contributed by atoms with Crippen molar-refractivity contribution in [2.45, 2.75) is 46.1 Å². The van der Waals surface area contributed by atoms with E-state index in [1.807, 2.05) is 6.92 Å². The monoisotopic (exact) mass is 239 g/mol. The second-order valence-electron chi connectivity index (χ2n) is 3.96. The third-order valence-corrected chi connectivity index (χ3v) is 2.59. The zero-order valence-electron chi connectivity index (χ0n) is 10.6. The van der Waals surface area contributed by atoms with Crippen molar-refractivity contribution in [1.82, 2.24) is 9.78 Å². The number of nitrogens with two attached hydrogens (primary N) is 1. The topological polar surface area (TPSA) is 70.1 Å². The van der Waals surface area contributed by atoms with E-state index >= 15 is 0 Å². The maximum Gasteiger partial charge on any atom is 0.358 e. The number of nitrogens with zero attached hydrogens (tertiary/aromatic N) is 2. The molecule has 0 aliphatic carbocycles. The lowest BCUT2D eigenvalue weighted by atomic mass is 10.2. The third-order valence-electron chi connectivity index (χ3n) is 2.59. The molecule has 0 saturated heterocycles. The molecule has 0 atom stereocenters. The van der Waals surface area contributed by atoms with E-state index in [1.165, 1.54) is 19.0 Å². The average Bonchev–Trinajstić information content (AvgIpc) is 2.70. The highest BCUT2D eigenvalue weighted by Gasteiger charge is 2.17. The van der Waals surface area contributed by atoms with Gasteiger partial charge in [-0.3, -0.25) is 4.68 Å². The quantitative estimate of drug-likeness (QED) is 0.585. The van der Waals surface area contributed by atoms with Crippen molar-refractivity contribution in [2.24, 2.45) is 0 Å². The van der Waals surface area contributed by atoms with E-state index in [4.69, 9.17) is 10.5 Å². The molecular weight excluding hydrogens is 218 g/mol. The Bertz CT molecular complexity index is 361. The summed E-state index contributed by atoms with van der Waals surface area (Å²) in [6, 6.07) is 0. The van der Waals surface area contributed by atoms with Gasteiger partial charge in [-0.15, -0.1) is 0 Å². The second-order valence-corrected chi connectivity index (χ2v) is 3.96. The average molecular weight is 239 g/mol. The second kappa shape index (κ2) is 6.93. The predicted octanol–water partition coefficient (Wildman–Crippen LogP) is 2.22. The standard InChI is InChI=1S/C12H21N3O2/c1-3-5-6-7-8-17-12(16)11-10(13)9-14-15(11)4-2/h9H,3-8,13H2,1-2H3. The van der Waals surface area contributed by atoms with Crippen LogP contribution in [0.3, 0.4) is 0 Å². The maximum absolute atomic E-state index is 11.8. The summed E-state index contributed by atoms with van der Waals surface area (Å²) in [5.41, 5.74) is 6.43. The molecule has 1 heterocycles. The molecule has 1 aromatic heterocycles. The molecule has 0 spiro atoms. The minimum absolute atomic E-state index is 0.364. The molecule has 2 N–H and O–H groups in total. The first-order chi connectivity index (χ1) is 8.20. The number of esters is 1. The van der Waals surface area contributed by atoms with Crippen LogP contribution in [0.25, 0.3) is 0 Å². The summed E-state index contributed by atoms with van der Waals surface area (Å²) >= 11 is 0. The van der Waals surface area contributed by atoms with Gasteiger partial charge in [-0.1, -0.05) is 26.2 Å². The highest BCUT2D eigenvalue weighted by atomic mass is 16.5. The Hall–Kier alpha value is -1.52. The fourth-order valence-electron chi connectivity index (χ4n) is 1.62. The van der Waals surface area contributed by atoms with Gasteiger partial charge in [0.25, 0.3) is 0 Å². The van der Waals surface area contributed by atoms with Crippen molar-refractivity contribution in [3.63, 3.8) is 0 Å². The summed E-state index contributed by atoms with van der Waals surface area (Å²) in [7, 11) is 0. The van der Waals surface area contributed by atoms with Gasteiger partial charge in [-0.25, -0.2) is 4.79 Å². The number of nitrogen functional groups attached to an aromatic ring is 1. The molecular formula is C12H21N3O2. The number of rotatable bonds is 7. The van der Waals surface area contributed by atoms with Gasteiger partial charge in [0.2, 0.25) is 0 Å². The minimum atomic E-state index is -0.377. The number of anilines is 1. The Labute approximate surface area is 102 Å². The molecule has 0 unspecified atom stereocenters. The predicted molar refractivity (Wildman–Crippen MR) is 66.7 cm³/mol. The van der Waals surface area contributed by atoms with Crippen LogP contribution in [0.1, 0.15) is 50.0 Å². The Morgan fingerprint density at radius 1 is 1.41 bits per heavy atom. The molecule has 0 saturated carbocycles. The number of aryl methyl sites for hydroxylation is 1. The number of hydrogen-bond acceptors (Lipinski definition) is 4. The van der Waals surface area contributed by atoms with Gasteiger partial charge >= 0.3 is 5.97 Å². The summed E-state index contributed by atoms with van der Waals surface area (Å²) in [6.45, 7) is 5.11. The summed E-state index contributed by atoms with van der Waals surface area (Å²) in [6.07, 6.45) is 5.82. The highest BCUT2D eigenvalue weighted by Crippen LogP contribution is 2.12. The van der Waals surface area contributed by atoms with Crippen LogP contribution in [-0.4, -0.2) is 22.4 Å². The lowest BCUT2D eigenvalue weighted by Gasteiger charge is -2.06. The minimum Gasteiger partial charge on any atom is -0.461 e. The zero-order chi connectivity index (χ0) is 12.7. The lowest BCUT2D eigenvalue weighted by Crippen LogP contribution is -2.14.